The quantitative estimate of drug-likeness (QED) is 0.557. The number of carbonyl (C=O) groups is 1. The van der Waals surface area contributed by atoms with Crippen molar-refractivity contribution >= 4 is 6.03 Å². The molecule has 0 aromatic heterocycles. The lowest BCUT2D eigenvalue weighted by atomic mass is 9.80. The molecule has 1 unspecified atom stereocenters. The zero-order valence-corrected chi connectivity index (χ0v) is 18.1. The van der Waals surface area contributed by atoms with Gasteiger partial charge in [-0.25, -0.2) is 9.80 Å². The molecule has 5 nitrogen and oxygen atoms in total. The van der Waals surface area contributed by atoms with E-state index in [1.807, 2.05) is 30.3 Å². The van der Waals surface area contributed by atoms with Gasteiger partial charge in [0.15, 0.2) is 0 Å². The van der Waals surface area contributed by atoms with Crippen LogP contribution in [0.2, 0.25) is 0 Å². The molecule has 4 rings (SSSR count). The standard InChI is InChI=1S/C23H23F6N3O2/c1-14(15-9-17(22(24,25)26)11-18(10-15)23(27,28)29)34-13-21(16-5-3-2-4-6-16)8-7-19-12-32(21)31-20(33)30-19/h2-6,9-11,14,19H,7-8,12-13H2,1H3,(H2,30,31,33)/t14-,19-,21-/m1/s1. The molecule has 184 valence electrons. The zero-order chi connectivity index (χ0) is 24.7. The molecule has 0 saturated carbocycles. The molecule has 2 N–H and O–H groups in total. The van der Waals surface area contributed by atoms with Crippen LogP contribution in [0.4, 0.5) is 31.1 Å². The van der Waals surface area contributed by atoms with Crippen molar-refractivity contribution < 1.29 is 35.9 Å². The number of carbonyl (C=O) groups excluding carboxylic acids is 1. The van der Waals surface area contributed by atoms with Gasteiger partial charge in [-0.05, 0) is 49.1 Å². The van der Waals surface area contributed by atoms with Gasteiger partial charge in [0.1, 0.15) is 0 Å². The Kier molecular flexibility index (Phi) is 6.28. The van der Waals surface area contributed by atoms with Gasteiger partial charge in [0, 0.05) is 12.6 Å². The van der Waals surface area contributed by atoms with E-state index in [1.54, 1.807) is 5.01 Å². The first-order valence-electron chi connectivity index (χ1n) is 10.7. The molecule has 2 aliphatic rings. The highest BCUT2D eigenvalue weighted by Crippen LogP contribution is 2.41. The summed E-state index contributed by atoms with van der Waals surface area (Å²) >= 11 is 0. The van der Waals surface area contributed by atoms with Crippen molar-refractivity contribution in [1.82, 2.24) is 15.8 Å². The van der Waals surface area contributed by atoms with Crippen LogP contribution in [-0.4, -0.2) is 30.2 Å². The Balaban J connectivity index is 1.64. The molecule has 2 fully saturated rings. The van der Waals surface area contributed by atoms with Crippen molar-refractivity contribution in [3.8, 4) is 0 Å². The van der Waals surface area contributed by atoms with Crippen molar-refractivity contribution in [2.75, 3.05) is 13.2 Å². The van der Waals surface area contributed by atoms with E-state index in [0.29, 0.717) is 31.5 Å². The summed E-state index contributed by atoms with van der Waals surface area (Å²) in [6, 6.07) is 10.2. The third-order valence-corrected chi connectivity index (χ3v) is 6.36. The lowest BCUT2D eigenvalue weighted by Gasteiger charge is -2.52. The monoisotopic (exact) mass is 487 g/mol. The fraction of sp³-hybridized carbons (Fsp3) is 0.435. The maximum atomic E-state index is 13.3. The van der Waals surface area contributed by atoms with Crippen LogP contribution in [0.15, 0.2) is 48.5 Å². The fourth-order valence-electron chi connectivity index (χ4n) is 4.50. The smallest absolute Gasteiger partial charge is 0.371 e. The number of alkyl halides is 6. The van der Waals surface area contributed by atoms with Gasteiger partial charge in [-0.3, -0.25) is 5.43 Å². The van der Waals surface area contributed by atoms with Crippen molar-refractivity contribution in [2.24, 2.45) is 0 Å². The van der Waals surface area contributed by atoms with Crippen LogP contribution in [0.3, 0.4) is 0 Å². The second-order valence-corrected chi connectivity index (χ2v) is 8.62. The van der Waals surface area contributed by atoms with E-state index in [4.69, 9.17) is 4.74 Å². The summed E-state index contributed by atoms with van der Waals surface area (Å²) in [5.74, 6) is 0. The first-order valence-corrected chi connectivity index (χ1v) is 10.7. The predicted molar refractivity (Wildman–Crippen MR) is 110 cm³/mol. The Morgan fingerprint density at radius 2 is 1.68 bits per heavy atom. The van der Waals surface area contributed by atoms with Gasteiger partial charge in [0.2, 0.25) is 0 Å². The number of nitrogens with one attached hydrogen (secondary N) is 2. The van der Waals surface area contributed by atoms with E-state index in [2.05, 4.69) is 10.7 Å². The number of hydrazine groups is 1. The summed E-state index contributed by atoms with van der Waals surface area (Å²) in [6.45, 7) is 1.83. The van der Waals surface area contributed by atoms with Gasteiger partial charge in [-0.15, -0.1) is 0 Å². The topological polar surface area (TPSA) is 53.6 Å². The first-order chi connectivity index (χ1) is 15.9. The van der Waals surface area contributed by atoms with Crippen LogP contribution in [0.25, 0.3) is 0 Å². The number of halogens is 6. The average Bonchev–Trinajstić information content (AvgIpc) is 2.77. The molecule has 11 heteroatoms. The summed E-state index contributed by atoms with van der Waals surface area (Å²) in [5.41, 5.74) is -0.258. The number of piperidine rings is 1. The van der Waals surface area contributed by atoms with E-state index in [1.165, 1.54) is 6.92 Å². The Hall–Kier alpha value is -2.79. The van der Waals surface area contributed by atoms with Gasteiger partial charge >= 0.3 is 18.4 Å². The Morgan fingerprint density at radius 1 is 1.06 bits per heavy atom. The number of ether oxygens (including phenoxy) is 1. The lowest BCUT2D eigenvalue weighted by Crippen LogP contribution is -2.70. The number of nitrogens with zero attached hydrogens (tertiary/aromatic N) is 1. The minimum Gasteiger partial charge on any atom is -0.371 e. The normalized spacial score (nSPS) is 25.9. The molecule has 2 aliphatic heterocycles. The maximum absolute atomic E-state index is 13.3. The predicted octanol–water partition coefficient (Wildman–Crippen LogP) is 5.39. The molecule has 2 saturated heterocycles. The van der Waals surface area contributed by atoms with Crippen LogP contribution < -0.4 is 10.7 Å². The summed E-state index contributed by atoms with van der Waals surface area (Å²) in [4.78, 5) is 12.1. The van der Waals surface area contributed by atoms with E-state index in [0.717, 1.165) is 5.56 Å². The number of hydrogen-bond donors (Lipinski definition) is 2. The van der Waals surface area contributed by atoms with Gasteiger partial charge in [-0.2, -0.15) is 26.3 Å². The Morgan fingerprint density at radius 3 is 2.26 bits per heavy atom. The highest BCUT2D eigenvalue weighted by molar-refractivity contribution is 5.74. The molecule has 2 aromatic carbocycles. The minimum absolute atomic E-state index is 0.0528. The van der Waals surface area contributed by atoms with Crippen molar-refractivity contribution in [3.63, 3.8) is 0 Å². The molecular formula is C23H23F6N3O2. The van der Waals surface area contributed by atoms with E-state index >= 15 is 0 Å². The van der Waals surface area contributed by atoms with Gasteiger partial charge in [-0.1, -0.05) is 30.3 Å². The van der Waals surface area contributed by atoms with E-state index < -0.39 is 35.1 Å². The molecule has 0 radical (unpaired) electrons. The van der Waals surface area contributed by atoms with Crippen LogP contribution in [0.1, 0.15) is 48.1 Å². The second kappa shape index (κ2) is 8.77. The summed E-state index contributed by atoms with van der Waals surface area (Å²) in [5, 5.41) is 4.57. The molecule has 0 aliphatic carbocycles. The van der Waals surface area contributed by atoms with Gasteiger partial charge < -0.3 is 10.1 Å². The molecule has 2 aromatic rings. The zero-order valence-electron chi connectivity index (χ0n) is 18.1. The molecule has 2 amide bonds. The summed E-state index contributed by atoms with van der Waals surface area (Å²) in [6.07, 6.45) is -9.76. The molecule has 4 atom stereocenters. The number of amides is 2. The van der Waals surface area contributed by atoms with Crippen LogP contribution in [0, 0.1) is 0 Å². The highest BCUT2D eigenvalue weighted by Gasteiger charge is 2.47. The maximum Gasteiger partial charge on any atom is 0.416 e. The van der Waals surface area contributed by atoms with E-state index in [9.17, 15) is 31.1 Å². The van der Waals surface area contributed by atoms with Crippen molar-refractivity contribution in [2.45, 2.75) is 49.8 Å². The number of benzene rings is 2. The van der Waals surface area contributed by atoms with Crippen LogP contribution >= 0.6 is 0 Å². The molecule has 34 heavy (non-hydrogen) atoms. The average molecular weight is 487 g/mol. The molecule has 0 spiro atoms. The highest BCUT2D eigenvalue weighted by atomic mass is 19.4. The lowest BCUT2D eigenvalue weighted by molar-refractivity contribution is -0.143. The summed E-state index contributed by atoms with van der Waals surface area (Å²) in [7, 11) is 0. The molecule has 2 heterocycles. The van der Waals surface area contributed by atoms with E-state index in [-0.39, 0.29) is 30.3 Å². The molecule has 2 bridgehead atoms. The van der Waals surface area contributed by atoms with Crippen LogP contribution in [0.5, 0.6) is 0 Å². The second-order valence-electron chi connectivity index (χ2n) is 8.62. The number of hydrogen-bond acceptors (Lipinski definition) is 3. The minimum atomic E-state index is -4.94. The van der Waals surface area contributed by atoms with Crippen molar-refractivity contribution in [3.05, 3.63) is 70.8 Å². The largest absolute Gasteiger partial charge is 0.416 e. The fourth-order valence-corrected chi connectivity index (χ4v) is 4.50. The summed E-state index contributed by atoms with van der Waals surface area (Å²) < 4.78 is 85.6. The first kappa shape index (κ1) is 24.3. The van der Waals surface area contributed by atoms with Crippen LogP contribution in [-0.2, 0) is 22.6 Å². The third-order valence-electron chi connectivity index (χ3n) is 6.36. The Bertz CT molecular complexity index is 1010. The van der Waals surface area contributed by atoms with Gasteiger partial charge in [0.05, 0.1) is 29.4 Å². The SMILES string of the molecule is C[C@@H](OC[C@@]1(c2ccccc2)CC[C@@H]2CN1NC(=O)N2)c1cc(C(F)(F)F)cc(C(F)(F)F)c1. The van der Waals surface area contributed by atoms with Crippen molar-refractivity contribution in [1.29, 1.82) is 0 Å². The Labute approximate surface area is 192 Å². The number of rotatable bonds is 5. The number of fused-ring (bicyclic) bond motifs is 2. The molecular weight excluding hydrogens is 464 g/mol. The third kappa shape index (κ3) is 4.85. The number of urea groups is 1. The van der Waals surface area contributed by atoms with Gasteiger partial charge in [0.25, 0.3) is 0 Å².